The smallest absolute Gasteiger partial charge is 0.258 e. The summed E-state index contributed by atoms with van der Waals surface area (Å²) in [4.78, 5) is 40.5. The summed E-state index contributed by atoms with van der Waals surface area (Å²) < 4.78 is 39.6. The summed E-state index contributed by atoms with van der Waals surface area (Å²) in [6.07, 6.45) is 1.70. The van der Waals surface area contributed by atoms with Gasteiger partial charge in [-0.3, -0.25) is 14.4 Å². The molecule has 1 heterocycles. The molecule has 13 nitrogen and oxygen atoms in total. The van der Waals surface area contributed by atoms with Gasteiger partial charge in [-0.2, -0.15) is 4.31 Å². The number of nitrogens with two attached hydrogens (primary N) is 1. The van der Waals surface area contributed by atoms with Crippen LogP contribution in [-0.2, 0) is 19.6 Å². The van der Waals surface area contributed by atoms with E-state index in [1.165, 1.54) is 36.7 Å². The lowest BCUT2D eigenvalue weighted by atomic mass is 9.99. The number of carbonyl (C=O) groups is 3. The van der Waals surface area contributed by atoms with Crippen molar-refractivity contribution in [3.05, 3.63) is 72.3 Å². The van der Waals surface area contributed by atoms with Crippen LogP contribution in [0.15, 0.2) is 71.6 Å². The number of rotatable bonds is 15. The fourth-order valence-electron chi connectivity index (χ4n) is 5.59. The minimum absolute atomic E-state index is 0.00896. The number of sulfonamides is 1. The molecule has 1 aliphatic heterocycles. The molecule has 50 heavy (non-hydrogen) atoms. The summed E-state index contributed by atoms with van der Waals surface area (Å²) in [7, 11) is -0.899. The summed E-state index contributed by atoms with van der Waals surface area (Å²) in [5.74, 6) is -0.305. The summed E-state index contributed by atoms with van der Waals surface area (Å²) in [6.45, 7) is 3.52. The zero-order chi connectivity index (χ0) is 36.4. The number of benzene rings is 3. The fraction of sp³-hybridized carbons (Fsp3) is 0.417. The molecule has 0 aromatic heterocycles. The van der Waals surface area contributed by atoms with E-state index in [2.05, 4.69) is 10.6 Å². The number of methoxy groups -OCH3 is 1. The number of nitrogens with one attached hydrogen (secondary N) is 2. The lowest BCUT2D eigenvalue weighted by molar-refractivity contribution is -0.116. The van der Waals surface area contributed by atoms with Gasteiger partial charge >= 0.3 is 0 Å². The number of likely N-dealkylation sites (N-methyl/N-ethyl adjacent to an activating group) is 1. The number of hydrogen-bond donors (Lipinski definition) is 4. The van der Waals surface area contributed by atoms with Gasteiger partial charge in [-0.15, -0.1) is 0 Å². The van der Waals surface area contributed by atoms with Crippen molar-refractivity contribution < 1.29 is 37.4 Å². The third kappa shape index (κ3) is 9.73. The molecule has 5 N–H and O–H groups in total. The number of hydrogen-bond acceptors (Lipinski definition) is 9. The van der Waals surface area contributed by atoms with E-state index in [0.717, 1.165) is 0 Å². The van der Waals surface area contributed by atoms with Crippen LogP contribution in [0.3, 0.4) is 0 Å². The van der Waals surface area contributed by atoms with Crippen LogP contribution in [0.2, 0.25) is 0 Å². The maximum absolute atomic E-state index is 13.8. The third-order valence-corrected chi connectivity index (χ3v) is 10.5. The highest BCUT2D eigenvalue weighted by Gasteiger charge is 2.35. The molecule has 3 atom stereocenters. The van der Waals surface area contributed by atoms with Crippen LogP contribution in [-0.4, -0.2) is 86.5 Å². The molecule has 0 saturated carbocycles. The molecular formula is C36H47N5O8S. The first-order chi connectivity index (χ1) is 23.8. The molecule has 270 valence electrons. The maximum atomic E-state index is 13.8. The molecule has 3 aromatic rings. The van der Waals surface area contributed by atoms with Crippen molar-refractivity contribution in [3.63, 3.8) is 0 Å². The monoisotopic (exact) mass is 709 g/mol. The molecule has 0 radical (unpaired) electrons. The first-order valence-electron chi connectivity index (χ1n) is 16.6. The van der Waals surface area contributed by atoms with Crippen LogP contribution < -0.4 is 25.8 Å². The Hall–Kier alpha value is -4.66. The number of ether oxygens (including phenoxy) is 2. The van der Waals surface area contributed by atoms with Gasteiger partial charge in [0.15, 0.2) is 0 Å². The van der Waals surface area contributed by atoms with Crippen molar-refractivity contribution >= 4 is 44.8 Å². The predicted octanol–water partition coefficient (Wildman–Crippen LogP) is 4.35. The minimum Gasteiger partial charge on any atom is -0.497 e. The van der Waals surface area contributed by atoms with Gasteiger partial charge in [0.05, 0.1) is 48.1 Å². The Bertz CT molecular complexity index is 1750. The van der Waals surface area contributed by atoms with Gasteiger partial charge in [0.25, 0.3) is 5.91 Å². The summed E-state index contributed by atoms with van der Waals surface area (Å²) >= 11 is 0. The van der Waals surface area contributed by atoms with Crippen molar-refractivity contribution in [1.82, 2.24) is 9.21 Å². The molecule has 3 amide bonds. The molecule has 0 aliphatic carbocycles. The number of nitrogen functional groups attached to an aromatic ring is 1. The fourth-order valence-corrected chi connectivity index (χ4v) is 6.78. The average molecular weight is 710 g/mol. The number of fused-ring (bicyclic) bond motifs is 1. The molecule has 0 bridgehead atoms. The number of aliphatic hydroxyl groups is 1. The van der Waals surface area contributed by atoms with Gasteiger partial charge < -0.3 is 35.8 Å². The zero-order valence-corrected chi connectivity index (χ0v) is 29.7. The third-order valence-electron chi connectivity index (χ3n) is 8.70. The highest BCUT2D eigenvalue weighted by molar-refractivity contribution is 7.89. The van der Waals surface area contributed by atoms with Crippen molar-refractivity contribution in [2.45, 2.75) is 63.0 Å². The van der Waals surface area contributed by atoms with Gasteiger partial charge in [-0.25, -0.2) is 8.42 Å². The molecule has 0 spiro atoms. The quantitative estimate of drug-likeness (QED) is 0.132. The van der Waals surface area contributed by atoms with Gasteiger partial charge in [0, 0.05) is 38.0 Å². The van der Waals surface area contributed by atoms with E-state index in [1.54, 1.807) is 60.4 Å². The topological polar surface area (TPSA) is 181 Å². The molecule has 1 aliphatic rings. The van der Waals surface area contributed by atoms with Crippen molar-refractivity contribution in [1.29, 1.82) is 0 Å². The molecule has 4 rings (SSSR count). The van der Waals surface area contributed by atoms with Crippen LogP contribution in [0.5, 0.6) is 11.5 Å². The van der Waals surface area contributed by atoms with Gasteiger partial charge in [0.1, 0.15) is 17.6 Å². The lowest BCUT2D eigenvalue weighted by Crippen LogP contribution is -2.50. The molecule has 0 unspecified atom stereocenters. The van der Waals surface area contributed by atoms with E-state index >= 15 is 0 Å². The van der Waals surface area contributed by atoms with E-state index in [-0.39, 0.29) is 66.0 Å². The number of aliphatic hydroxyl groups excluding tert-OH is 1. The second-order valence-electron chi connectivity index (χ2n) is 12.5. The van der Waals surface area contributed by atoms with Crippen LogP contribution in [0, 0.1) is 5.92 Å². The van der Waals surface area contributed by atoms with Crippen molar-refractivity contribution in [2.75, 3.05) is 50.2 Å². The number of anilines is 3. The summed E-state index contributed by atoms with van der Waals surface area (Å²) in [5.41, 5.74) is 7.52. The Morgan fingerprint density at radius 3 is 2.34 bits per heavy atom. The van der Waals surface area contributed by atoms with Crippen LogP contribution in [0.1, 0.15) is 56.3 Å². The Labute approximate surface area is 293 Å². The molecule has 0 saturated heterocycles. The number of nitrogens with zero attached hydrogens (tertiary/aromatic N) is 2. The summed E-state index contributed by atoms with van der Waals surface area (Å²) in [5, 5.41) is 15.6. The zero-order valence-electron chi connectivity index (χ0n) is 28.9. The Balaban J connectivity index is 1.41. The maximum Gasteiger partial charge on any atom is 0.258 e. The SMILES string of the molecule is COc1ccc(S(=O)(=O)N(C)C[C@H]2Oc3ccc(NC(=O)CCCCCC(=O)Nc4ccccc4N)cc3C(=O)N([C@@H](C)CO)C[C@@H]2C)cc1. The Morgan fingerprint density at radius 2 is 1.70 bits per heavy atom. The number of para-hydroxylation sites is 2. The van der Waals surface area contributed by atoms with E-state index in [1.807, 2.05) is 6.92 Å². The first-order valence-corrected chi connectivity index (χ1v) is 18.0. The second kappa shape index (κ2) is 17.3. The number of carbonyl (C=O) groups excluding carboxylic acids is 3. The Kier molecular flexibility index (Phi) is 13.2. The normalized spacial score (nSPS) is 16.8. The molecule has 0 fully saturated rings. The standard InChI is InChI=1S/C36H47N5O8S/c1-24-21-41(25(2)23-42)36(45)29-20-26(38-34(43)12-6-5-7-13-35(44)39-31-11-9-8-10-30(31)37)14-19-32(29)49-33(24)22-40(3)50(46,47)28-17-15-27(48-4)16-18-28/h8-11,14-20,24-25,33,42H,5-7,12-13,21-23,37H2,1-4H3,(H,38,43)(H,39,44)/t24-,25-,33+/m0/s1. The summed E-state index contributed by atoms with van der Waals surface area (Å²) in [6, 6.07) is 17.4. The average Bonchev–Trinajstić information content (AvgIpc) is 3.10. The highest BCUT2D eigenvalue weighted by atomic mass is 32.2. The predicted molar refractivity (Wildman–Crippen MR) is 192 cm³/mol. The lowest BCUT2D eigenvalue weighted by Gasteiger charge is -2.38. The number of amides is 3. The molecule has 3 aromatic carbocycles. The van der Waals surface area contributed by atoms with Gasteiger partial charge in [-0.1, -0.05) is 25.5 Å². The largest absolute Gasteiger partial charge is 0.497 e. The number of unbranched alkanes of at least 4 members (excludes halogenated alkanes) is 2. The second-order valence-corrected chi connectivity index (χ2v) is 14.6. The molecular weight excluding hydrogens is 662 g/mol. The van der Waals surface area contributed by atoms with Crippen LogP contribution in [0.4, 0.5) is 17.1 Å². The van der Waals surface area contributed by atoms with Gasteiger partial charge in [-0.05, 0) is 74.4 Å². The van der Waals surface area contributed by atoms with E-state index < -0.39 is 22.2 Å². The highest BCUT2D eigenvalue weighted by Crippen LogP contribution is 2.31. The van der Waals surface area contributed by atoms with E-state index in [0.29, 0.717) is 48.5 Å². The van der Waals surface area contributed by atoms with Crippen molar-refractivity contribution in [3.8, 4) is 11.5 Å². The van der Waals surface area contributed by atoms with Crippen molar-refractivity contribution in [2.24, 2.45) is 5.92 Å². The van der Waals surface area contributed by atoms with Gasteiger partial charge in [0.2, 0.25) is 21.8 Å². The molecule has 14 heteroatoms. The first kappa shape index (κ1) is 38.1. The van der Waals surface area contributed by atoms with Crippen LogP contribution >= 0.6 is 0 Å². The Morgan fingerprint density at radius 1 is 1.04 bits per heavy atom. The van der Waals surface area contributed by atoms with E-state index in [9.17, 15) is 27.9 Å². The van der Waals surface area contributed by atoms with E-state index in [4.69, 9.17) is 15.2 Å². The van der Waals surface area contributed by atoms with Crippen LogP contribution in [0.25, 0.3) is 0 Å². The minimum atomic E-state index is -3.88.